The lowest BCUT2D eigenvalue weighted by Crippen LogP contribution is -2.05. The van der Waals surface area contributed by atoms with Gasteiger partial charge in [0.15, 0.2) is 0 Å². The molecule has 0 saturated carbocycles. The monoisotopic (exact) mass is 181 g/mol. The zero-order chi connectivity index (χ0) is 9.68. The second-order valence-electron chi connectivity index (χ2n) is 2.78. The fourth-order valence-corrected chi connectivity index (χ4v) is 1.08. The van der Waals surface area contributed by atoms with E-state index in [9.17, 15) is 0 Å². The van der Waals surface area contributed by atoms with Crippen LogP contribution < -0.4 is 10.6 Å². The predicted octanol–water partition coefficient (Wildman–Crippen LogP) is 2.04. The van der Waals surface area contributed by atoms with Crippen molar-refractivity contribution in [1.29, 1.82) is 0 Å². The maximum atomic E-state index is 5.30. The van der Waals surface area contributed by atoms with Gasteiger partial charge in [0.25, 0.3) is 0 Å². The largest absolute Gasteiger partial charge is 0.494 e. The molecule has 1 atom stereocenters. The van der Waals surface area contributed by atoms with Crippen molar-refractivity contribution in [1.82, 2.24) is 0 Å². The highest BCUT2D eigenvalue weighted by molar-refractivity contribution is 5.28. The van der Waals surface area contributed by atoms with E-state index in [0.29, 0.717) is 6.61 Å². The first-order valence-corrected chi connectivity index (χ1v) is 4.36. The summed E-state index contributed by atoms with van der Waals surface area (Å²) in [6.45, 7) is 4.54. The zero-order valence-corrected chi connectivity index (χ0v) is 7.99. The molecular weight excluding hydrogens is 166 g/mol. The molecule has 1 aromatic carbocycles. The third-order valence-corrected chi connectivity index (χ3v) is 1.86. The molecule has 0 aliphatic rings. The van der Waals surface area contributed by atoms with E-state index < -0.39 is 0 Å². The van der Waals surface area contributed by atoms with Crippen molar-refractivity contribution >= 4 is 0 Å². The topological polar surface area (TPSA) is 44.5 Å². The fraction of sp³-hybridized carbons (Fsp3) is 0.400. The number of nitrogens with two attached hydrogens (primary N) is 1. The Balaban J connectivity index is 2.69. The fourth-order valence-electron chi connectivity index (χ4n) is 1.08. The summed E-state index contributed by atoms with van der Waals surface area (Å²) in [6, 6.07) is 7.72. The predicted molar refractivity (Wildman–Crippen MR) is 51.3 cm³/mol. The van der Waals surface area contributed by atoms with Crippen LogP contribution in [0.2, 0.25) is 0 Å². The van der Waals surface area contributed by atoms with Gasteiger partial charge in [0.2, 0.25) is 0 Å². The number of ether oxygens (including phenoxy) is 1. The molecule has 0 aliphatic heterocycles. The van der Waals surface area contributed by atoms with Crippen LogP contribution in [-0.2, 0) is 4.84 Å². The van der Waals surface area contributed by atoms with Crippen LogP contribution in [0, 0.1) is 0 Å². The molecular formula is C10H15NO2. The first-order chi connectivity index (χ1) is 6.27. The lowest BCUT2D eigenvalue weighted by atomic mass is 10.1. The standard InChI is InChI=1S/C10H15NO2/c1-3-12-10-6-4-9(5-7-10)8(2)13-11/h4-8H,3,11H2,1-2H3. The highest BCUT2D eigenvalue weighted by Crippen LogP contribution is 2.18. The molecule has 2 N–H and O–H groups in total. The summed E-state index contributed by atoms with van der Waals surface area (Å²) in [5.41, 5.74) is 1.05. The normalized spacial score (nSPS) is 12.5. The summed E-state index contributed by atoms with van der Waals surface area (Å²) in [5, 5.41) is 0. The van der Waals surface area contributed by atoms with Crippen LogP contribution in [0.3, 0.4) is 0 Å². The van der Waals surface area contributed by atoms with Gasteiger partial charge in [0, 0.05) is 0 Å². The Bertz CT molecular complexity index is 246. The number of benzene rings is 1. The number of rotatable bonds is 4. The minimum Gasteiger partial charge on any atom is -0.494 e. The van der Waals surface area contributed by atoms with Gasteiger partial charge in [-0.15, -0.1) is 0 Å². The Hall–Kier alpha value is -1.06. The summed E-state index contributed by atoms with van der Waals surface area (Å²) in [5.74, 6) is 5.94. The van der Waals surface area contributed by atoms with E-state index in [1.165, 1.54) is 0 Å². The molecule has 0 heterocycles. The Kier molecular flexibility index (Phi) is 3.73. The Morgan fingerprint density at radius 3 is 2.38 bits per heavy atom. The molecule has 0 aliphatic carbocycles. The van der Waals surface area contributed by atoms with Gasteiger partial charge >= 0.3 is 0 Å². The van der Waals surface area contributed by atoms with E-state index in [1.54, 1.807) is 0 Å². The van der Waals surface area contributed by atoms with Crippen molar-refractivity contribution in [3.8, 4) is 5.75 Å². The molecule has 0 aromatic heterocycles. The van der Waals surface area contributed by atoms with Crippen molar-refractivity contribution in [3.05, 3.63) is 29.8 Å². The lowest BCUT2D eigenvalue weighted by molar-refractivity contribution is 0.0664. The molecule has 1 unspecified atom stereocenters. The van der Waals surface area contributed by atoms with Crippen LogP contribution in [0.4, 0.5) is 0 Å². The first kappa shape index (κ1) is 10.0. The molecule has 3 heteroatoms. The number of hydrogen-bond acceptors (Lipinski definition) is 3. The Morgan fingerprint density at radius 2 is 1.92 bits per heavy atom. The van der Waals surface area contributed by atoms with Gasteiger partial charge in [-0.1, -0.05) is 12.1 Å². The summed E-state index contributed by atoms with van der Waals surface area (Å²) in [4.78, 5) is 4.70. The van der Waals surface area contributed by atoms with Gasteiger partial charge in [0.1, 0.15) is 11.9 Å². The molecule has 13 heavy (non-hydrogen) atoms. The summed E-state index contributed by atoms with van der Waals surface area (Å²) in [7, 11) is 0. The van der Waals surface area contributed by atoms with Crippen LogP contribution in [0.5, 0.6) is 5.75 Å². The number of hydrogen-bond donors (Lipinski definition) is 1. The highest BCUT2D eigenvalue weighted by Gasteiger charge is 2.03. The molecule has 0 spiro atoms. The molecule has 0 amide bonds. The first-order valence-electron chi connectivity index (χ1n) is 4.36. The second-order valence-corrected chi connectivity index (χ2v) is 2.78. The Labute approximate surface area is 78.4 Å². The third kappa shape index (κ3) is 2.72. The van der Waals surface area contributed by atoms with Crippen molar-refractivity contribution in [2.45, 2.75) is 20.0 Å². The highest BCUT2D eigenvalue weighted by atomic mass is 16.6. The van der Waals surface area contributed by atoms with Crippen LogP contribution in [0.25, 0.3) is 0 Å². The van der Waals surface area contributed by atoms with Crippen molar-refractivity contribution in [2.75, 3.05) is 6.61 Å². The van der Waals surface area contributed by atoms with E-state index >= 15 is 0 Å². The second kappa shape index (κ2) is 4.84. The van der Waals surface area contributed by atoms with Gasteiger partial charge in [-0.3, -0.25) is 4.84 Å². The molecule has 1 rings (SSSR count). The van der Waals surface area contributed by atoms with Crippen LogP contribution in [0.15, 0.2) is 24.3 Å². The Morgan fingerprint density at radius 1 is 1.31 bits per heavy atom. The summed E-state index contributed by atoms with van der Waals surface area (Å²) < 4.78 is 5.30. The summed E-state index contributed by atoms with van der Waals surface area (Å²) >= 11 is 0. The lowest BCUT2D eigenvalue weighted by Gasteiger charge is -2.09. The van der Waals surface area contributed by atoms with E-state index in [2.05, 4.69) is 0 Å². The smallest absolute Gasteiger partial charge is 0.119 e. The molecule has 0 saturated heterocycles. The molecule has 0 bridgehead atoms. The van der Waals surface area contributed by atoms with Crippen LogP contribution >= 0.6 is 0 Å². The summed E-state index contributed by atoms with van der Waals surface area (Å²) in [6.07, 6.45) is -0.0734. The van der Waals surface area contributed by atoms with Crippen molar-refractivity contribution < 1.29 is 9.57 Å². The van der Waals surface area contributed by atoms with E-state index in [-0.39, 0.29) is 6.10 Å². The zero-order valence-electron chi connectivity index (χ0n) is 7.99. The van der Waals surface area contributed by atoms with Gasteiger partial charge in [-0.25, -0.2) is 5.90 Å². The van der Waals surface area contributed by atoms with Crippen molar-refractivity contribution in [3.63, 3.8) is 0 Å². The maximum Gasteiger partial charge on any atom is 0.119 e. The van der Waals surface area contributed by atoms with E-state index in [1.807, 2.05) is 38.1 Å². The molecule has 0 radical (unpaired) electrons. The van der Waals surface area contributed by atoms with Crippen molar-refractivity contribution in [2.24, 2.45) is 5.90 Å². The maximum absolute atomic E-state index is 5.30. The average Bonchev–Trinajstić information content (AvgIpc) is 2.18. The molecule has 0 fully saturated rings. The van der Waals surface area contributed by atoms with Gasteiger partial charge in [-0.2, -0.15) is 0 Å². The van der Waals surface area contributed by atoms with E-state index in [4.69, 9.17) is 15.5 Å². The van der Waals surface area contributed by atoms with E-state index in [0.717, 1.165) is 11.3 Å². The third-order valence-electron chi connectivity index (χ3n) is 1.86. The van der Waals surface area contributed by atoms with Gasteiger partial charge in [-0.05, 0) is 31.5 Å². The average molecular weight is 181 g/mol. The minimum atomic E-state index is -0.0734. The molecule has 3 nitrogen and oxygen atoms in total. The van der Waals surface area contributed by atoms with Gasteiger partial charge < -0.3 is 4.74 Å². The van der Waals surface area contributed by atoms with Crippen LogP contribution in [-0.4, -0.2) is 6.61 Å². The quantitative estimate of drug-likeness (QED) is 0.723. The van der Waals surface area contributed by atoms with Crippen LogP contribution in [0.1, 0.15) is 25.5 Å². The molecule has 72 valence electrons. The SMILES string of the molecule is CCOc1ccc(C(C)ON)cc1. The minimum absolute atomic E-state index is 0.0734. The van der Waals surface area contributed by atoms with Gasteiger partial charge in [0.05, 0.1) is 6.61 Å². The molecule has 1 aromatic rings.